The lowest BCUT2D eigenvalue weighted by atomic mass is 10.2. The Labute approximate surface area is 81.5 Å². The van der Waals surface area contributed by atoms with Crippen molar-refractivity contribution in [1.82, 2.24) is 10.2 Å². The standard InChI is InChI=1S/C8H12N2O4/c1-13-5-10-4-6(7(11)14-2)3-9-8(10)12/h4H,3,5H2,1-2H3,(H,9,12). The monoisotopic (exact) mass is 200 g/mol. The van der Waals surface area contributed by atoms with Gasteiger partial charge in [-0.3, -0.25) is 4.90 Å². The Hall–Kier alpha value is -1.56. The van der Waals surface area contributed by atoms with Crippen molar-refractivity contribution in [3.8, 4) is 0 Å². The summed E-state index contributed by atoms with van der Waals surface area (Å²) >= 11 is 0. The van der Waals surface area contributed by atoms with Crippen molar-refractivity contribution in [2.24, 2.45) is 0 Å². The number of hydrogen-bond acceptors (Lipinski definition) is 4. The van der Waals surface area contributed by atoms with Gasteiger partial charge in [0.05, 0.1) is 19.2 Å². The third-order valence-corrected chi connectivity index (χ3v) is 1.72. The largest absolute Gasteiger partial charge is 0.466 e. The van der Waals surface area contributed by atoms with Crippen LogP contribution in [-0.2, 0) is 14.3 Å². The summed E-state index contributed by atoms with van der Waals surface area (Å²) < 4.78 is 9.31. The molecule has 0 bridgehead atoms. The molecule has 0 aromatic rings. The van der Waals surface area contributed by atoms with Gasteiger partial charge in [-0.2, -0.15) is 0 Å². The van der Waals surface area contributed by atoms with E-state index in [0.29, 0.717) is 5.57 Å². The van der Waals surface area contributed by atoms with Gasteiger partial charge in [0.2, 0.25) is 0 Å². The fraction of sp³-hybridized carbons (Fsp3) is 0.500. The van der Waals surface area contributed by atoms with Crippen LogP contribution in [0.2, 0.25) is 0 Å². The molecule has 2 amide bonds. The van der Waals surface area contributed by atoms with Crippen LogP contribution in [0.25, 0.3) is 0 Å². The number of amides is 2. The fourth-order valence-electron chi connectivity index (χ4n) is 1.06. The fourth-order valence-corrected chi connectivity index (χ4v) is 1.06. The van der Waals surface area contributed by atoms with Gasteiger partial charge in [-0.25, -0.2) is 9.59 Å². The second kappa shape index (κ2) is 4.61. The zero-order chi connectivity index (χ0) is 10.6. The predicted molar refractivity (Wildman–Crippen MR) is 47.2 cm³/mol. The quantitative estimate of drug-likeness (QED) is 0.633. The van der Waals surface area contributed by atoms with Gasteiger partial charge in [0, 0.05) is 13.3 Å². The zero-order valence-electron chi connectivity index (χ0n) is 8.07. The maximum absolute atomic E-state index is 11.2. The van der Waals surface area contributed by atoms with E-state index in [1.54, 1.807) is 0 Å². The Morgan fingerprint density at radius 2 is 2.36 bits per heavy atom. The molecule has 6 nitrogen and oxygen atoms in total. The first kappa shape index (κ1) is 10.5. The van der Waals surface area contributed by atoms with E-state index in [4.69, 9.17) is 4.74 Å². The number of esters is 1. The van der Waals surface area contributed by atoms with Crippen LogP contribution in [0.3, 0.4) is 0 Å². The van der Waals surface area contributed by atoms with Crippen LogP contribution in [0.4, 0.5) is 4.79 Å². The van der Waals surface area contributed by atoms with E-state index in [2.05, 4.69) is 10.1 Å². The first-order chi connectivity index (χ1) is 6.69. The van der Waals surface area contributed by atoms with Crippen LogP contribution >= 0.6 is 0 Å². The molecule has 0 saturated carbocycles. The van der Waals surface area contributed by atoms with Gasteiger partial charge in [0.15, 0.2) is 0 Å². The minimum absolute atomic E-state index is 0.103. The summed E-state index contributed by atoms with van der Waals surface area (Å²) in [6, 6.07) is -0.292. The molecule has 0 spiro atoms. The van der Waals surface area contributed by atoms with Crippen LogP contribution in [0.15, 0.2) is 11.8 Å². The van der Waals surface area contributed by atoms with Crippen LogP contribution in [0, 0.1) is 0 Å². The second-order valence-corrected chi connectivity index (χ2v) is 2.69. The van der Waals surface area contributed by atoms with E-state index in [-0.39, 0.29) is 19.3 Å². The van der Waals surface area contributed by atoms with Crippen molar-refractivity contribution in [3.05, 3.63) is 11.8 Å². The highest BCUT2D eigenvalue weighted by Crippen LogP contribution is 2.06. The first-order valence-corrected chi connectivity index (χ1v) is 4.01. The molecule has 0 saturated heterocycles. The summed E-state index contributed by atoms with van der Waals surface area (Å²) in [6.45, 7) is 0.290. The Balaban J connectivity index is 2.74. The minimum Gasteiger partial charge on any atom is -0.466 e. The third kappa shape index (κ3) is 2.23. The Morgan fingerprint density at radius 1 is 1.64 bits per heavy atom. The summed E-state index contributed by atoms with van der Waals surface area (Å²) in [5, 5.41) is 2.52. The molecule has 0 aromatic heterocycles. The molecule has 0 atom stereocenters. The Morgan fingerprint density at radius 3 is 2.93 bits per heavy atom. The maximum atomic E-state index is 11.2. The van der Waals surface area contributed by atoms with Gasteiger partial charge in [0.1, 0.15) is 6.73 Å². The van der Waals surface area contributed by atoms with Crippen molar-refractivity contribution >= 4 is 12.0 Å². The van der Waals surface area contributed by atoms with Gasteiger partial charge in [-0.05, 0) is 0 Å². The predicted octanol–water partition coefficient (Wildman–Crippen LogP) is -0.328. The molecular weight excluding hydrogens is 188 g/mol. The third-order valence-electron chi connectivity index (χ3n) is 1.72. The summed E-state index contributed by atoms with van der Waals surface area (Å²) in [7, 11) is 2.76. The molecule has 0 fully saturated rings. The lowest BCUT2D eigenvalue weighted by Crippen LogP contribution is -2.44. The number of carbonyl (C=O) groups is 2. The van der Waals surface area contributed by atoms with E-state index in [9.17, 15) is 9.59 Å². The normalized spacial score (nSPS) is 16.0. The highest BCUT2D eigenvalue weighted by Gasteiger charge is 2.21. The van der Waals surface area contributed by atoms with E-state index in [1.807, 2.05) is 0 Å². The molecule has 0 radical (unpaired) electrons. The number of hydrogen-bond donors (Lipinski definition) is 1. The lowest BCUT2D eigenvalue weighted by molar-refractivity contribution is -0.136. The lowest BCUT2D eigenvalue weighted by Gasteiger charge is -2.23. The van der Waals surface area contributed by atoms with Crippen molar-refractivity contribution < 1.29 is 19.1 Å². The van der Waals surface area contributed by atoms with E-state index in [0.717, 1.165) is 0 Å². The molecular formula is C8H12N2O4. The summed E-state index contributed by atoms with van der Waals surface area (Å²) in [6.07, 6.45) is 1.42. The average Bonchev–Trinajstić information content (AvgIpc) is 2.20. The molecule has 78 valence electrons. The minimum atomic E-state index is -0.453. The molecule has 0 unspecified atom stereocenters. The molecule has 0 aromatic carbocycles. The van der Waals surface area contributed by atoms with E-state index < -0.39 is 5.97 Å². The number of nitrogens with one attached hydrogen (secondary N) is 1. The molecule has 1 aliphatic rings. The number of carbonyl (C=O) groups excluding carboxylic acids is 2. The molecule has 1 aliphatic heterocycles. The van der Waals surface area contributed by atoms with Gasteiger partial charge in [0.25, 0.3) is 0 Å². The van der Waals surface area contributed by atoms with Crippen molar-refractivity contribution in [2.75, 3.05) is 27.5 Å². The molecule has 14 heavy (non-hydrogen) atoms. The molecule has 1 N–H and O–H groups in total. The van der Waals surface area contributed by atoms with Crippen LogP contribution in [0.1, 0.15) is 0 Å². The zero-order valence-corrected chi connectivity index (χ0v) is 8.07. The van der Waals surface area contributed by atoms with Gasteiger partial charge >= 0.3 is 12.0 Å². The molecule has 6 heteroatoms. The summed E-state index contributed by atoms with van der Waals surface area (Å²) in [4.78, 5) is 23.6. The Bertz CT molecular complexity index is 275. The molecule has 0 aliphatic carbocycles. The number of nitrogens with zero attached hydrogens (tertiary/aromatic N) is 1. The second-order valence-electron chi connectivity index (χ2n) is 2.69. The maximum Gasteiger partial charge on any atom is 0.337 e. The van der Waals surface area contributed by atoms with E-state index in [1.165, 1.54) is 25.3 Å². The number of rotatable bonds is 3. The van der Waals surface area contributed by atoms with Gasteiger partial charge in [-0.15, -0.1) is 0 Å². The number of ether oxygens (including phenoxy) is 2. The smallest absolute Gasteiger partial charge is 0.337 e. The van der Waals surface area contributed by atoms with E-state index >= 15 is 0 Å². The van der Waals surface area contributed by atoms with Crippen LogP contribution in [0.5, 0.6) is 0 Å². The number of urea groups is 1. The Kier molecular flexibility index (Phi) is 3.47. The SMILES string of the molecule is COCN1C=C(C(=O)OC)CNC1=O. The molecule has 1 rings (SSSR count). The van der Waals surface area contributed by atoms with Crippen molar-refractivity contribution in [1.29, 1.82) is 0 Å². The molecule has 1 heterocycles. The average molecular weight is 200 g/mol. The topological polar surface area (TPSA) is 67.9 Å². The highest BCUT2D eigenvalue weighted by atomic mass is 16.5. The van der Waals surface area contributed by atoms with Gasteiger partial charge < -0.3 is 14.8 Å². The number of methoxy groups -OCH3 is 2. The highest BCUT2D eigenvalue weighted by molar-refractivity contribution is 5.92. The van der Waals surface area contributed by atoms with Crippen molar-refractivity contribution in [3.63, 3.8) is 0 Å². The van der Waals surface area contributed by atoms with Gasteiger partial charge in [-0.1, -0.05) is 0 Å². The van der Waals surface area contributed by atoms with Crippen molar-refractivity contribution in [2.45, 2.75) is 0 Å². The van der Waals surface area contributed by atoms with Crippen LogP contribution in [-0.4, -0.2) is 44.4 Å². The summed E-state index contributed by atoms with van der Waals surface area (Å²) in [5.74, 6) is -0.453. The first-order valence-electron chi connectivity index (χ1n) is 4.01. The van der Waals surface area contributed by atoms with Crippen LogP contribution < -0.4 is 5.32 Å². The summed E-state index contributed by atoms with van der Waals surface area (Å²) in [5.41, 5.74) is 0.393.